The molecule has 2 aromatic heterocycles. The Morgan fingerprint density at radius 3 is 1.74 bits per heavy atom. The topological polar surface area (TPSA) is 11.0 Å². The van der Waals surface area contributed by atoms with Gasteiger partial charge in [-0.1, -0.05) is 74.5 Å². The Morgan fingerprint density at radius 2 is 1.09 bits per heavy atom. The summed E-state index contributed by atoms with van der Waals surface area (Å²) < 4.78 is 4.51. The molecule has 1 aliphatic heterocycles. The maximum atomic E-state index is 2.59. The molecule has 2 aliphatic rings. The maximum absolute atomic E-state index is 2.59. The number of rotatable bonds is 3. The van der Waals surface area contributed by atoms with Gasteiger partial charge in [-0.05, 0) is 131 Å². The molecule has 9 rings (SSSR count). The van der Waals surface area contributed by atoms with Crippen LogP contribution in [0.25, 0.3) is 33.6 Å². The number of aromatic nitrogens is 2. The van der Waals surface area contributed by atoms with E-state index in [1.807, 2.05) is 0 Å². The van der Waals surface area contributed by atoms with Gasteiger partial charge < -0.3 is 4.90 Å². The molecule has 0 unspecified atom stereocenters. The molecule has 0 saturated heterocycles. The second-order valence-electron chi connectivity index (χ2n) is 15.5. The molecule has 0 N–H and O–H groups in total. The van der Waals surface area contributed by atoms with Crippen LogP contribution in [-0.4, -0.2) is 0 Å². The first-order valence-corrected chi connectivity index (χ1v) is 19.1. The van der Waals surface area contributed by atoms with Crippen LogP contribution >= 0.6 is 0 Å². The summed E-state index contributed by atoms with van der Waals surface area (Å²) in [6, 6.07) is 50.1. The van der Waals surface area contributed by atoms with Gasteiger partial charge in [0.25, 0.3) is 0 Å². The Kier molecular flexibility index (Phi) is 8.11. The molecule has 1 aliphatic carbocycles. The van der Waals surface area contributed by atoms with Gasteiger partial charge in [-0.15, -0.1) is 0 Å². The van der Waals surface area contributed by atoms with E-state index in [9.17, 15) is 0 Å². The molecule has 0 atom stereocenters. The number of pyridine rings is 2. The van der Waals surface area contributed by atoms with Crippen molar-refractivity contribution in [3.63, 3.8) is 0 Å². The highest BCUT2D eigenvalue weighted by Gasteiger charge is 2.33. The lowest BCUT2D eigenvalue weighted by molar-refractivity contribution is -0.660. The summed E-state index contributed by atoms with van der Waals surface area (Å²) in [5.41, 5.74) is 20.9. The molecular formula is C50H47N3+2. The fraction of sp³-hybridized carbons (Fsp3) is 0.200. The minimum atomic E-state index is -0.221. The summed E-state index contributed by atoms with van der Waals surface area (Å²) >= 11 is 0. The second-order valence-corrected chi connectivity index (χ2v) is 15.5. The molecule has 0 radical (unpaired) electrons. The molecule has 2 bridgehead atoms. The summed E-state index contributed by atoms with van der Waals surface area (Å²) in [6.45, 7) is 7.17. The van der Waals surface area contributed by atoms with E-state index >= 15 is 0 Å². The lowest BCUT2D eigenvalue weighted by Gasteiger charge is -2.35. The summed E-state index contributed by atoms with van der Waals surface area (Å²) in [4.78, 5) is 2.59. The SMILES string of the molecule is Cc1c2cccc1C(C)(C)c1cc(N3c4cccc(-c5cccc[n+]5C)c4CCCc4c(-c5cccc[n+]5C)cccc43)ccc1Cc1ccccc1-2. The number of anilines is 3. The van der Waals surface area contributed by atoms with Gasteiger partial charge in [0.15, 0.2) is 12.4 Å². The number of aryl methyl sites for hydroxylation is 2. The number of hydrogen-bond acceptors (Lipinski definition) is 1. The van der Waals surface area contributed by atoms with E-state index in [2.05, 4.69) is 195 Å². The van der Waals surface area contributed by atoms with Crippen LogP contribution in [0, 0.1) is 6.92 Å². The number of hydrogen-bond donors (Lipinski definition) is 0. The summed E-state index contributed by atoms with van der Waals surface area (Å²) in [6.07, 6.45) is 8.26. The molecule has 3 heteroatoms. The minimum absolute atomic E-state index is 0.221. The van der Waals surface area contributed by atoms with Crippen molar-refractivity contribution >= 4 is 17.1 Å². The second kappa shape index (κ2) is 13.0. The van der Waals surface area contributed by atoms with E-state index < -0.39 is 0 Å². The molecule has 3 nitrogen and oxygen atoms in total. The molecule has 5 aromatic carbocycles. The summed E-state index contributed by atoms with van der Waals surface area (Å²) in [5, 5.41) is 0. The third-order valence-corrected chi connectivity index (χ3v) is 12.0. The van der Waals surface area contributed by atoms with Gasteiger partial charge in [0.05, 0.1) is 22.5 Å². The average molecular weight is 690 g/mol. The first kappa shape index (κ1) is 33.1. The Bertz CT molecular complexity index is 2440. The third-order valence-electron chi connectivity index (χ3n) is 12.0. The summed E-state index contributed by atoms with van der Waals surface area (Å²) in [7, 11) is 4.32. The summed E-state index contributed by atoms with van der Waals surface area (Å²) in [5.74, 6) is 0. The van der Waals surface area contributed by atoms with Gasteiger partial charge in [-0.25, -0.2) is 9.13 Å². The van der Waals surface area contributed by atoms with Crippen molar-refractivity contribution in [3.05, 3.63) is 185 Å². The van der Waals surface area contributed by atoms with Crippen molar-refractivity contribution < 1.29 is 9.13 Å². The normalized spacial score (nSPS) is 14.3. The van der Waals surface area contributed by atoms with Crippen LogP contribution in [0.4, 0.5) is 17.1 Å². The van der Waals surface area contributed by atoms with Crippen LogP contribution < -0.4 is 14.0 Å². The van der Waals surface area contributed by atoms with Crippen molar-refractivity contribution in [2.24, 2.45) is 14.1 Å². The van der Waals surface area contributed by atoms with E-state index in [1.54, 1.807) is 0 Å². The predicted molar refractivity (Wildman–Crippen MR) is 218 cm³/mol. The van der Waals surface area contributed by atoms with Gasteiger partial charge in [0.1, 0.15) is 14.1 Å². The maximum Gasteiger partial charge on any atom is 0.212 e. The highest BCUT2D eigenvalue weighted by molar-refractivity contribution is 5.87. The fourth-order valence-electron chi connectivity index (χ4n) is 9.36. The van der Waals surface area contributed by atoms with Gasteiger partial charge >= 0.3 is 0 Å². The molecule has 0 saturated carbocycles. The van der Waals surface area contributed by atoms with E-state index in [0.29, 0.717) is 0 Å². The minimum Gasteiger partial charge on any atom is -0.310 e. The van der Waals surface area contributed by atoms with E-state index in [0.717, 1.165) is 25.7 Å². The Balaban J connectivity index is 1.32. The van der Waals surface area contributed by atoms with Crippen molar-refractivity contribution in [2.75, 3.05) is 4.90 Å². The van der Waals surface area contributed by atoms with Crippen LogP contribution in [-0.2, 0) is 38.8 Å². The first-order valence-electron chi connectivity index (χ1n) is 19.1. The van der Waals surface area contributed by atoms with Crippen LogP contribution in [0.15, 0.2) is 146 Å². The molecule has 53 heavy (non-hydrogen) atoms. The van der Waals surface area contributed by atoms with Crippen LogP contribution in [0.3, 0.4) is 0 Å². The van der Waals surface area contributed by atoms with E-state index in [4.69, 9.17) is 0 Å². The zero-order valence-electron chi connectivity index (χ0n) is 31.5. The van der Waals surface area contributed by atoms with E-state index in [-0.39, 0.29) is 5.41 Å². The Labute approximate surface area is 314 Å². The molecule has 260 valence electrons. The fourth-order valence-corrected chi connectivity index (χ4v) is 9.36. The number of fused-ring (bicyclic) bond motifs is 7. The van der Waals surface area contributed by atoms with Crippen molar-refractivity contribution in [3.8, 4) is 33.6 Å². The predicted octanol–water partition coefficient (Wildman–Crippen LogP) is 10.8. The Hall–Kier alpha value is -5.80. The molecule has 0 fully saturated rings. The van der Waals surface area contributed by atoms with Crippen molar-refractivity contribution in [1.29, 1.82) is 0 Å². The quantitative estimate of drug-likeness (QED) is 0.168. The van der Waals surface area contributed by atoms with E-state index in [1.165, 1.54) is 89.6 Å². The largest absolute Gasteiger partial charge is 0.310 e. The number of nitrogens with zero attached hydrogens (tertiary/aromatic N) is 3. The zero-order valence-corrected chi connectivity index (χ0v) is 31.5. The molecule has 0 spiro atoms. The van der Waals surface area contributed by atoms with Crippen LogP contribution in [0.2, 0.25) is 0 Å². The van der Waals surface area contributed by atoms with Gasteiger partial charge in [-0.3, -0.25) is 0 Å². The molecule has 0 amide bonds. The number of benzene rings is 5. The van der Waals surface area contributed by atoms with Gasteiger partial charge in [0.2, 0.25) is 11.4 Å². The lowest BCUT2D eigenvalue weighted by atomic mass is 9.73. The lowest BCUT2D eigenvalue weighted by Crippen LogP contribution is -2.31. The third kappa shape index (κ3) is 5.49. The van der Waals surface area contributed by atoms with Crippen molar-refractivity contribution in [1.82, 2.24) is 0 Å². The molecule has 3 heterocycles. The average Bonchev–Trinajstić information content (AvgIpc) is 3.17. The van der Waals surface area contributed by atoms with Crippen LogP contribution in [0.1, 0.15) is 59.2 Å². The van der Waals surface area contributed by atoms with Gasteiger partial charge in [0, 0.05) is 35.4 Å². The van der Waals surface area contributed by atoms with Crippen LogP contribution in [0.5, 0.6) is 0 Å². The zero-order chi connectivity index (χ0) is 36.3. The first-order chi connectivity index (χ1) is 25.8. The highest BCUT2D eigenvalue weighted by atomic mass is 15.1. The Morgan fingerprint density at radius 1 is 0.528 bits per heavy atom. The molecule has 7 aromatic rings. The standard InChI is InChI=1S/C50H47N3/c1-34-38-18-13-23-44(34)50(2,3)45-33-37(29-28-36(45)32-35-16-6-7-17-39(35)38)53-48-26-14-21-40(46-24-8-10-30-51(46)4)42(48)19-12-20-43-41(22-15-27-49(43)53)47-25-9-11-31-52(47)5/h6-11,13-18,21-31,33H,12,19-20,32H2,1-5H3/q+2. The highest BCUT2D eigenvalue weighted by Crippen LogP contribution is 2.48. The smallest absolute Gasteiger partial charge is 0.212 e. The molecular weight excluding hydrogens is 643 g/mol. The van der Waals surface area contributed by atoms with Crippen molar-refractivity contribution in [2.45, 2.75) is 51.9 Å². The monoisotopic (exact) mass is 689 g/mol. The van der Waals surface area contributed by atoms with Gasteiger partial charge in [-0.2, -0.15) is 0 Å².